The van der Waals surface area contributed by atoms with Gasteiger partial charge in [0.05, 0.1) is 0 Å². The Balaban J connectivity index is 2.73. The topological polar surface area (TPSA) is 58.6 Å². The van der Waals surface area contributed by atoms with Crippen LogP contribution in [0.3, 0.4) is 0 Å². The van der Waals surface area contributed by atoms with Crippen molar-refractivity contribution in [3.63, 3.8) is 0 Å². The normalized spacial score (nSPS) is 10.9. The molecule has 0 spiro atoms. The van der Waals surface area contributed by atoms with Gasteiger partial charge in [0.15, 0.2) is 0 Å². The number of aryl methyl sites for hydroxylation is 2. The summed E-state index contributed by atoms with van der Waals surface area (Å²) in [4.78, 5) is 23.9. The number of benzene rings is 1. The molecular weight excluding hydrogens is 256 g/mol. The predicted octanol–water partition coefficient (Wildman–Crippen LogP) is 2.82. The number of carbonyl (C=O) groups is 2. The SMILES string of the molecule is Cc1ccc(C(=O)NN(C)C(=O)OC(C)(C)C)c(C)c1. The van der Waals surface area contributed by atoms with Crippen molar-refractivity contribution in [2.24, 2.45) is 0 Å². The smallest absolute Gasteiger partial charge is 0.428 e. The highest BCUT2D eigenvalue weighted by molar-refractivity contribution is 5.96. The van der Waals surface area contributed by atoms with E-state index >= 15 is 0 Å². The highest BCUT2D eigenvalue weighted by Gasteiger charge is 2.21. The first-order valence-electron chi connectivity index (χ1n) is 6.45. The van der Waals surface area contributed by atoms with Crippen LogP contribution in [0.2, 0.25) is 0 Å². The minimum absolute atomic E-state index is 0.337. The van der Waals surface area contributed by atoms with Gasteiger partial charge in [0.2, 0.25) is 0 Å². The second kappa shape index (κ2) is 5.94. The Hall–Kier alpha value is -2.04. The van der Waals surface area contributed by atoms with E-state index < -0.39 is 11.7 Å². The van der Waals surface area contributed by atoms with Crippen LogP contribution in [-0.2, 0) is 4.74 Å². The fraction of sp³-hybridized carbons (Fsp3) is 0.467. The van der Waals surface area contributed by atoms with Crippen molar-refractivity contribution in [2.45, 2.75) is 40.2 Å². The maximum Gasteiger partial charge on any atom is 0.428 e. The number of amides is 2. The third-order valence-corrected chi connectivity index (χ3v) is 2.56. The Morgan fingerprint density at radius 1 is 1.20 bits per heavy atom. The van der Waals surface area contributed by atoms with Crippen LogP contribution in [0, 0.1) is 13.8 Å². The van der Waals surface area contributed by atoms with Crippen molar-refractivity contribution in [1.29, 1.82) is 0 Å². The van der Waals surface area contributed by atoms with Crippen LogP contribution in [0.4, 0.5) is 4.79 Å². The van der Waals surface area contributed by atoms with Crippen molar-refractivity contribution in [2.75, 3.05) is 7.05 Å². The maximum absolute atomic E-state index is 12.1. The van der Waals surface area contributed by atoms with E-state index in [1.165, 1.54) is 7.05 Å². The molecule has 2 amide bonds. The van der Waals surface area contributed by atoms with E-state index in [4.69, 9.17) is 4.74 Å². The Kier molecular flexibility index (Phi) is 4.76. The quantitative estimate of drug-likeness (QED) is 0.804. The van der Waals surface area contributed by atoms with Crippen molar-refractivity contribution in [3.8, 4) is 0 Å². The fourth-order valence-corrected chi connectivity index (χ4v) is 1.66. The number of carbonyl (C=O) groups excluding carboxylic acids is 2. The van der Waals surface area contributed by atoms with Gasteiger partial charge in [0, 0.05) is 12.6 Å². The standard InChI is InChI=1S/C15H22N2O3/c1-10-7-8-12(11(2)9-10)13(18)16-17(6)14(19)20-15(3,4)5/h7-9H,1-6H3,(H,16,18). The second-order valence-corrected chi connectivity index (χ2v) is 5.80. The van der Waals surface area contributed by atoms with Crippen molar-refractivity contribution >= 4 is 12.0 Å². The summed E-state index contributed by atoms with van der Waals surface area (Å²) in [7, 11) is 1.45. The lowest BCUT2D eigenvalue weighted by atomic mass is 10.1. The van der Waals surface area contributed by atoms with Gasteiger partial charge in [0.1, 0.15) is 5.60 Å². The number of hydrazine groups is 1. The van der Waals surface area contributed by atoms with Crippen molar-refractivity contribution < 1.29 is 14.3 Å². The summed E-state index contributed by atoms with van der Waals surface area (Å²) >= 11 is 0. The molecule has 0 fully saturated rings. The number of hydrogen-bond donors (Lipinski definition) is 1. The van der Waals surface area contributed by atoms with Crippen molar-refractivity contribution in [3.05, 3.63) is 34.9 Å². The first-order valence-corrected chi connectivity index (χ1v) is 6.45. The maximum atomic E-state index is 12.1. The molecule has 0 aromatic heterocycles. The van der Waals surface area contributed by atoms with E-state index in [0.717, 1.165) is 16.1 Å². The molecule has 1 N–H and O–H groups in total. The lowest BCUT2D eigenvalue weighted by molar-refractivity contribution is 0.0195. The number of hydrogen-bond acceptors (Lipinski definition) is 3. The zero-order valence-corrected chi connectivity index (χ0v) is 12.9. The Bertz CT molecular complexity index is 518. The average molecular weight is 278 g/mol. The largest absolute Gasteiger partial charge is 0.442 e. The van der Waals surface area contributed by atoms with Gasteiger partial charge in [-0.05, 0) is 46.2 Å². The predicted molar refractivity (Wildman–Crippen MR) is 77.4 cm³/mol. The molecule has 0 bridgehead atoms. The lowest BCUT2D eigenvalue weighted by Gasteiger charge is -2.25. The third kappa shape index (κ3) is 4.57. The molecule has 0 atom stereocenters. The van der Waals surface area contributed by atoms with Crippen LogP contribution in [-0.4, -0.2) is 29.7 Å². The number of nitrogens with zero attached hydrogens (tertiary/aromatic N) is 1. The third-order valence-electron chi connectivity index (χ3n) is 2.56. The Labute approximate surface area is 119 Å². The van der Waals surface area contributed by atoms with E-state index in [-0.39, 0.29) is 5.91 Å². The molecule has 0 saturated carbocycles. The molecule has 20 heavy (non-hydrogen) atoms. The van der Waals surface area contributed by atoms with Gasteiger partial charge < -0.3 is 4.74 Å². The van der Waals surface area contributed by atoms with Gasteiger partial charge in [-0.25, -0.2) is 9.80 Å². The van der Waals surface area contributed by atoms with Crippen LogP contribution >= 0.6 is 0 Å². The molecule has 0 aliphatic rings. The molecule has 5 heteroatoms. The van der Waals surface area contributed by atoms with E-state index in [9.17, 15) is 9.59 Å². The highest BCUT2D eigenvalue weighted by Crippen LogP contribution is 2.11. The van der Waals surface area contributed by atoms with Crippen molar-refractivity contribution in [1.82, 2.24) is 10.4 Å². The molecule has 110 valence electrons. The van der Waals surface area contributed by atoms with Gasteiger partial charge >= 0.3 is 6.09 Å². The summed E-state index contributed by atoms with van der Waals surface area (Å²) in [6, 6.07) is 5.51. The summed E-state index contributed by atoms with van der Waals surface area (Å²) in [5.41, 5.74) is 4.37. The van der Waals surface area contributed by atoms with Gasteiger partial charge in [-0.3, -0.25) is 10.2 Å². The van der Waals surface area contributed by atoms with E-state index in [1.807, 2.05) is 26.0 Å². The Morgan fingerprint density at radius 3 is 2.30 bits per heavy atom. The molecule has 0 heterocycles. The molecular formula is C15H22N2O3. The highest BCUT2D eigenvalue weighted by atomic mass is 16.6. The summed E-state index contributed by atoms with van der Waals surface area (Å²) < 4.78 is 5.16. The Morgan fingerprint density at radius 2 is 1.80 bits per heavy atom. The zero-order valence-electron chi connectivity index (χ0n) is 12.9. The fourth-order valence-electron chi connectivity index (χ4n) is 1.66. The monoisotopic (exact) mass is 278 g/mol. The lowest BCUT2D eigenvalue weighted by Crippen LogP contribution is -2.45. The van der Waals surface area contributed by atoms with Gasteiger partial charge in [-0.15, -0.1) is 0 Å². The minimum atomic E-state index is -0.601. The number of rotatable bonds is 1. The number of nitrogens with one attached hydrogen (secondary N) is 1. The van der Waals surface area contributed by atoms with E-state index in [0.29, 0.717) is 5.56 Å². The van der Waals surface area contributed by atoms with Gasteiger partial charge in [-0.2, -0.15) is 0 Å². The summed E-state index contributed by atoms with van der Waals surface area (Å²) in [6.45, 7) is 9.12. The molecule has 5 nitrogen and oxygen atoms in total. The van der Waals surface area contributed by atoms with Crippen LogP contribution in [0.1, 0.15) is 42.3 Å². The summed E-state index contributed by atoms with van der Waals surface area (Å²) in [5.74, 6) is -0.337. The zero-order chi connectivity index (χ0) is 15.5. The van der Waals surface area contributed by atoms with Crippen LogP contribution < -0.4 is 5.43 Å². The first-order chi connectivity index (χ1) is 9.10. The molecule has 0 saturated heterocycles. The van der Waals surface area contributed by atoms with Crippen LogP contribution in [0.25, 0.3) is 0 Å². The number of ether oxygens (including phenoxy) is 1. The summed E-state index contributed by atoms with van der Waals surface area (Å²) in [6.07, 6.45) is -0.601. The molecule has 0 radical (unpaired) electrons. The molecule has 0 aliphatic heterocycles. The van der Waals surface area contributed by atoms with Gasteiger partial charge in [-0.1, -0.05) is 17.7 Å². The molecule has 0 aliphatic carbocycles. The molecule has 1 rings (SSSR count). The first kappa shape index (κ1) is 16.0. The van der Waals surface area contributed by atoms with Crippen LogP contribution in [0.15, 0.2) is 18.2 Å². The van der Waals surface area contributed by atoms with Gasteiger partial charge in [0.25, 0.3) is 5.91 Å². The molecule has 1 aromatic carbocycles. The molecule has 1 aromatic rings. The molecule has 0 unspecified atom stereocenters. The minimum Gasteiger partial charge on any atom is -0.442 e. The summed E-state index contributed by atoms with van der Waals surface area (Å²) in [5, 5.41) is 1.05. The second-order valence-electron chi connectivity index (χ2n) is 5.80. The van der Waals surface area contributed by atoms with Crippen LogP contribution in [0.5, 0.6) is 0 Å². The van der Waals surface area contributed by atoms with E-state index in [1.54, 1.807) is 26.8 Å². The average Bonchev–Trinajstić information content (AvgIpc) is 2.26. The van der Waals surface area contributed by atoms with E-state index in [2.05, 4.69) is 5.43 Å².